The van der Waals surface area contributed by atoms with Crippen LogP contribution in [0.2, 0.25) is 0 Å². The van der Waals surface area contributed by atoms with Crippen molar-refractivity contribution in [2.24, 2.45) is 4.99 Å². The van der Waals surface area contributed by atoms with Gasteiger partial charge in [-0.1, -0.05) is 0 Å². The highest BCUT2D eigenvalue weighted by Crippen LogP contribution is 2.38. The van der Waals surface area contributed by atoms with Gasteiger partial charge < -0.3 is 10.0 Å². The molecule has 1 aliphatic carbocycles. The fraction of sp³-hybridized carbons (Fsp3) is 0.476. The Bertz CT molecular complexity index is 1220. The third-order valence-electron chi connectivity index (χ3n) is 6.15. The molecule has 0 radical (unpaired) electrons. The second-order valence-electron chi connectivity index (χ2n) is 8.93. The predicted molar refractivity (Wildman–Crippen MR) is 118 cm³/mol. The summed E-state index contributed by atoms with van der Waals surface area (Å²) >= 11 is 0. The maximum atomic E-state index is 13.5. The number of anilines is 1. The summed E-state index contributed by atoms with van der Waals surface area (Å²) in [5.41, 5.74) is 1.40. The van der Waals surface area contributed by atoms with Crippen LogP contribution in [0.4, 0.5) is 5.69 Å². The number of amides is 1. The van der Waals surface area contributed by atoms with E-state index in [1.54, 1.807) is 34.1 Å². The van der Waals surface area contributed by atoms with Crippen LogP contribution in [0.1, 0.15) is 42.6 Å². The van der Waals surface area contributed by atoms with Crippen LogP contribution in [0.15, 0.2) is 40.5 Å². The van der Waals surface area contributed by atoms with Crippen molar-refractivity contribution >= 4 is 27.6 Å². The van der Waals surface area contributed by atoms with E-state index < -0.39 is 15.6 Å². The van der Waals surface area contributed by atoms with Gasteiger partial charge in [-0.2, -0.15) is 5.10 Å². The third kappa shape index (κ3) is 3.59. The average Bonchev–Trinajstić information content (AvgIpc) is 3.11. The molecule has 0 unspecified atom stereocenters. The lowest BCUT2D eigenvalue weighted by atomic mass is 10.1. The molecule has 1 fully saturated rings. The van der Waals surface area contributed by atoms with Gasteiger partial charge in [0.1, 0.15) is 0 Å². The van der Waals surface area contributed by atoms with Crippen LogP contribution >= 0.6 is 0 Å². The molecule has 1 saturated carbocycles. The number of hydrogen-bond acceptors (Lipinski definition) is 7. The number of aliphatic hydroxyl groups is 1. The molecule has 0 saturated heterocycles. The number of nitrogens with one attached hydrogen (secondary N) is 1. The molecule has 10 nitrogen and oxygen atoms in total. The number of benzene rings is 1. The Balaban J connectivity index is 1.51. The van der Waals surface area contributed by atoms with Crippen LogP contribution in [0.3, 0.4) is 0 Å². The quantitative estimate of drug-likeness (QED) is 0.637. The number of carbonyl (C=O) groups is 1. The normalized spacial score (nSPS) is 21.4. The Hall–Kier alpha value is -2.76. The van der Waals surface area contributed by atoms with Gasteiger partial charge in [-0.05, 0) is 44.9 Å². The Kier molecular flexibility index (Phi) is 4.88. The van der Waals surface area contributed by atoms with E-state index in [9.17, 15) is 13.2 Å². The lowest BCUT2D eigenvalue weighted by molar-refractivity contribution is 0.0832. The highest BCUT2D eigenvalue weighted by atomic mass is 32.2. The molecule has 1 aromatic heterocycles. The zero-order valence-electron chi connectivity index (χ0n) is 18.0. The number of carbonyl (C=O) groups excluding carboxylic acids is 1. The molecule has 2 N–H and O–H groups in total. The fourth-order valence-electron chi connectivity index (χ4n) is 4.14. The highest BCUT2D eigenvalue weighted by Gasteiger charge is 2.43. The van der Waals surface area contributed by atoms with E-state index in [0.717, 1.165) is 18.4 Å². The van der Waals surface area contributed by atoms with E-state index in [-0.39, 0.29) is 30.0 Å². The molecule has 170 valence electrons. The molecule has 1 amide bonds. The lowest BCUT2D eigenvalue weighted by Gasteiger charge is -2.38. The van der Waals surface area contributed by atoms with Crippen molar-refractivity contribution in [2.75, 3.05) is 18.1 Å². The van der Waals surface area contributed by atoms with Crippen molar-refractivity contribution in [3.63, 3.8) is 0 Å². The summed E-state index contributed by atoms with van der Waals surface area (Å²) in [5.74, 6) is 0.262. The number of aromatic nitrogens is 2. The van der Waals surface area contributed by atoms with Crippen molar-refractivity contribution in [1.29, 1.82) is 0 Å². The van der Waals surface area contributed by atoms with Gasteiger partial charge in [0, 0.05) is 17.3 Å². The van der Waals surface area contributed by atoms with Crippen LogP contribution in [-0.2, 0) is 23.1 Å². The molecule has 0 spiro atoms. The molecule has 5 rings (SSSR count). The molecule has 32 heavy (non-hydrogen) atoms. The van der Waals surface area contributed by atoms with Crippen LogP contribution in [0.25, 0.3) is 0 Å². The smallest absolute Gasteiger partial charge is 0.263 e. The van der Waals surface area contributed by atoms with Gasteiger partial charge in [-0.15, -0.1) is 0 Å². The van der Waals surface area contributed by atoms with E-state index >= 15 is 0 Å². The number of aliphatic imine (C=N–C) groups is 1. The third-order valence-corrected chi connectivity index (χ3v) is 7.78. The van der Waals surface area contributed by atoms with Crippen molar-refractivity contribution in [2.45, 2.75) is 56.3 Å². The maximum absolute atomic E-state index is 13.5. The Labute approximate surface area is 186 Å². The summed E-state index contributed by atoms with van der Waals surface area (Å²) < 4.78 is 30.2. The molecule has 1 aromatic carbocycles. The topological polar surface area (TPSA) is 120 Å². The van der Waals surface area contributed by atoms with Gasteiger partial charge in [0.05, 0.1) is 54.6 Å². The minimum atomic E-state index is -3.73. The summed E-state index contributed by atoms with van der Waals surface area (Å²) in [6.45, 7) is 5.03. The van der Waals surface area contributed by atoms with Crippen LogP contribution < -0.4 is 9.62 Å². The second kappa shape index (κ2) is 7.39. The van der Waals surface area contributed by atoms with Crippen molar-refractivity contribution in [3.8, 4) is 0 Å². The van der Waals surface area contributed by atoms with Gasteiger partial charge in [-0.25, -0.2) is 13.1 Å². The zero-order chi connectivity index (χ0) is 22.7. The SMILES string of the molecule is C[C@@H]1CN=C2N(Cc3cnn(CCO)c3)C(=O)c3cc(S(=O)(=O)NC4(C)CC4)ccc3N21. The largest absolute Gasteiger partial charge is 0.394 e. The minimum absolute atomic E-state index is 0.0283. The molecule has 1 atom stereocenters. The standard InChI is InChI=1S/C21H26N6O4S/c1-14-10-22-20-26(13-15-11-23-25(12-15)7-8-28)19(29)17-9-16(3-4-18(17)27(14)20)32(30,31)24-21(2)5-6-21/h3-4,9,11-12,14,24,28H,5-8,10,13H2,1-2H3/t14-/m1/s1. The maximum Gasteiger partial charge on any atom is 0.263 e. The Morgan fingerprint density at radius 2 is 2.09 bits per heavy atom. The predicted octanol–water partition coefficient (Wildman–Crippen LogP) is 0.927. The summed E-state index contributed by atoms with van der Waals surface area (Å²) in [4.78, 5) is 21.7. The zero-order valence-corrected chi connectivity index (χ0v) is 18.8. The molecule has 3 aliphatic rings. The number of nitrogens with zero attached hydrogens (tertiary/aromatic N) is 5. The molecule has 3 heterocycles. The second-order valence-corrected chi connectivity index (χ2v) is 10.6. The Morgan fingerprint density at radius 3 is 2.81 bits per heavy atom. The lowest BCUT2D eigenvalue weighted by Crippen LogP contribution is -2.52. The first kappa shape index (κ1) is 21.1. The average molecular weight is 459 g/mol. The monoisotopic (exact) mass is 458 g/mol. The summed E-state index contributed by atoms with van der Waals surface area (Å²) in [7, 11) is -3.73. The van der Waals surface area contributed by atoms with Gasteiger partial charge in [0.2, 0.25) is 16.0 Å². The van der Waals surface area contributed by atoms with Crippen LogP contribution in [0.5, 0.6) is 0 Å². The van der Waals surface area contributed by atoms with Crippen molar-refractivity contribution in [1.82, 2.24) is 19.4 Å². The van der Waals surface area contributed by atoms with Gasteiger partial charge in [0.25, 0.3) is 5.91 Å². The summed E-state index contributed by atoms with van der Waals surface area (Å²) in [5, 5.41) is 13.3. The molecule has 2 aromatic rings. The van der Waals surface area contributed by atoms with Crippen molar-refractivity contribution in [3.05, 3.63) is 41.7 Å². The van der Waals surface area contributed by atoms with E-state index in [0.29, 0.717) is 30.3 Å². The van der Waals surface area contributed by atoms with E-state index in [4.69, 9.17) is 5.11 Å². The molecule has 11 heteroatoms. The first-order chi connectivity index (χ1) is 15.2. The number of sulfonamides is 1. The van der Waals surface area contributed by atoms with Gasteiger partial charge in [-0.3, -0.25) is 19.4 Å². The summed E-state index contributed by atoms with van der Waals surface area (Å²) in [6, 6.07) is 4.76. The van der Waals surface area contributed by atoms with E-state index in [1.807, 2.05) is 18.7 Å². The first-order valence-corrected chi connectivity index (χ1v) is 12.1. The van der Waals surface area contributed by atoms with Gasteiger partial charge >= 0.3 is 0 Å². The van der Waals surface area contributed by atoms with Crippen molar-refractivity contribution < 1.29 is 18.3 Å². The van der Waals surface area contributed by atoms with E-state index in [1.165, 1.54) is 6.07 Å². The summed E-state index contributed by atoms with van der Waals surface area (Å²) in [6.07, 6.45) is 5.05. The molecular weight excluding hydrogens is 432 g/mol. The number of rotatable bonds is 7. The van der Waals surface area contributed by atoms with Crippen LogP contribution in [0, 0.1) is 0 Å². The molecule has 2 aliphatic heterocycles. The van der Waals surface area contributed by atoms with Crippen LogP contribution in [-0.4, -0.2) is 64.8 Å². The number of guanidine groups is 1. The fourth-order valence-corrected chi connectivity index (χ4v) is 5.63. The molecular formula is C21H26N6O4S. The number of hydrogen-bond donors (Lipinski definition) is 2. The Morgan fingerprint density at radius 1 is 1.31 bits per heavy atom. The minimum Gasteiger partial charge on any atom is -0.394 e. The van der Waals surface area contributed by atoms with Gasteiger partial charge in [0.15, 0.2) is 0 Å². The van der Waals surface area contributed by atoms with E-state index in [2.05, 4.69) is 14.8 Å². The first-order valence-electron chi connectivity index (χ1n) is 10.7. The highest BCUT2D eigenvalue weighted by molar-refractivity contribution is 7.89. The number of aliphatic hydroxyl groups excluding tert-OH is 1. The molecule has 0 bridgehead atoms. The number of fused-ring (bicyclic) bond motifs is 3.